The van der Waals surface area contributed by atoms with Crippen molar-refractivity contribution in [2.24, 2.45) is 0 Å². The van der Waals surface area contributed by atoms with Crippen molar-refractivity contribution < 1.29 is 17.6 Å². The van der Waals surface area contributed by atoms with Crippen LogP contribution >= 0.6 is 0 Å². The average Bonchev–Trinajstić information content (AvgIpc) is 3.24. The van der Waals surface area contributed by atoms with E-state index in [1.807, 2.05) is 37.3 Å². The average molecular weight is 410 g/mol. The maximum atomic E-state index is 13.4. The molecule has 7 heteroatoms. The predicted octanol–water partition coefficient (Wildman–Crippen LogP) is 3.02. The minimum atomic E-state index is -3.84. The van der Waals surface area contributed by atoms with Gasteiger partial charge in [0.05, 0.1) is 17.7 Å². The quantitative estimate of drug-likeness (QED) is 0.701. The molecule has 0 bridgehead atoms. The molecule has 0 fully saturated rings. The summed E-state index contributed by atoms with van der Waals surface area (Å²) in [5.41, 5.74) is 2.75. The van der Waals surface area contributed by atoms with Crippen LogP contribution in [0.1, 0.15) is 22.5 Å². The molecule has 0 saturated heterocycles. The minimum absolute atomic E-state index is 0.158. The zero-order chi connectivity index (χ0) is 20.4. The first-order chi connectivity index (χ1) is 13.9. The Labute approximate surface area is 170 Å². The zero-order valence-electron chi connectivity index (χ0n) is 16.0. The highest BCUT2D eigenvalue weighted by Crippen LogP contribution is 2.29. The summed E-state index contributed by atoms with van der Waals surface area (Å²) in [7, 11) is -3.84. The monoisotopic (exact) mass is 410 g/mol. The molecule has 2 heterocycles. The topological polar surface area (TPSA) is 79.6 Å². The van der Waals surface area contributed by atoms with Crippen molar-refractivity contribution in [2.75, 3.05) is 0 Å². The van der Waals surface area contributed by atoms with E-state index in [0.29, 0.717) is 12.2 Å². The van der Waals surface area contributed by atoms with Crippen molar-refractivity contribution in [2.45, 2.75) is 37.4 Å². The minimum Gasteiger partial charge on any atom is -0.467 e. The summed E-state index contributed by atoms with van der Waals surface area (Å²) >= 11 is 0. The van der Waals surface area contributed by atoms with Crippen molar-refractivity contribution in [3.8, 4) is 0 Å². The summed E-state index contributed by atoms with van der Waals surface area (Å²) in [6.45, 7) is 2.21. The van der Waals surface area contributed by atoms with Gasteiger partial charge in [0.2, 0.25) is 15.9 Å². The molecular weight excluding hydrogens is 388 g/mol. The van der Waals surface area contributed by atoms with Gasteiger partial charge >= 0.3 is 0 Å². The van der Waals surface area contributed by atoms with Crippen LogP contribution in [0.5, 0.6) is 0 Å². The smallest absolute Gasteiger partial charge is 0.244 e. The van der Waals surface area contributed by atoms with Crippen molar-refractivity contribution in [1.29, 1.82) is 0 Å². The number of amides is 1. The number of carbonyl (C=O) groups excluding carboxylic acids is 1. The summed E-state index contributed by atoms with van der Waals surface area (Å²) in [5.74, 6) is 0.273. The van der Waals surface area contributed by atoms with Crippen molar-refractivity contribution in [1.82, 2.24) is 9.62 Å². The summed E-state index contributed by atoms with van der Waals surface area (Å²) in [5, 5.41) is 2.81. The van der Waals surface area contributed by atoms with E-state index in [4.69, 9.17) is 4.42 Å². The molecule has 0 spiro atoms. The zero-order valence-corrected chi connectivity index (χ0v) is 16.9. The highest BCUT2D eigenvalue weighted by Gasteiger charge is 2.39. The number of carbonyl (C=O) groups is 1. The Morgan fingerprint density at radius 1 is 1.10 bits per heavy atom. The van der Waals surface area contributed by atoms with E-state index in [-0.39, 0.29) is 23.9 Å². The Balaban J connectivity index is 1.67. The van der Waals surface area contributed by atoms with Gasteiger partial charge in [-0.15, -0.1) is 0 Å². The summed E-state index contributed by atoms with van der Waals surface area (Å²) in [6.07, 6.45) is 1.86. The van der Waals surface area contributed by atoms with Crippen molar-refractivity contribution in [3.63, 3.8) is 0 Å². The number of sulfonamides is 1. The van der Waals surface area contributed by atoms with Crippen LogP contribution in [-0.2, 0) is 34.3 Å². The fourth-order valence-electron chi connectivity index (χ4n) is 3.59. The first-order valence-electron chi connectivity index (χ1n) is 9.40. The molecule has 0 saturated carbocycles. The van der Waals surface area contributed by atoms with Crippen molar-refractivity contribution in [3.05, 3.63) is 89.4 Å². The van der Waals surface area contributed by atoms with Crippen LogP contribution in [0.15, 0.2) is 76.2 Å². The molecule has 1 unspecified atom stereocenters. The Morgan fingerprint density at radius 2 is 1.90 bits per heavy atom. The van der Waals surface area contributed by atoms with Gasteiger partial charge in [-0.3, -0.25) is 4.79 Å². The fourth-order valence-corrected chi connectivity index (χ4v) is 5.26. The summed E-state index contributed by atoms with van der Waals surface area (Å²) in [4.78, 5) is 13.2. The number of nitrogens with one attached hydrogen (secondary N) is 1. The molecule has 1 N–H and O–H groups in total. The number of hydrogen-bond donors (Lipinski definition) is 1. The number of furan rings is 1. The van der Waals surface area contributed by atoms with Gasteiger partial charge in [0.25, 0.3) is 0 Å². The highest BCUT2D eigenvalue weighted by atomic mass is 32.2. The van der Waals surface area contributed by atoms with Crippen LogP contribution in [0.4, 0.5) is 0 Å². The molecule has 2 aromatic carbocycles. The molecule has 150 valence electrons. The third-order valence-electron chi connectivity index (χ3n) is 5.12. The Morgan fingerprint density at radius 3 is 2.62 bits per heavy atom. The molecular formula is C22H22N2O4S. The summed E-state index contributed by atoms with van der Waals surface area (Å²) < 4.78 is 33.4. The molecule has 1 amide bonds. The van der Waals surface area contributed by atoms with Crippen LogP contribution in [0, 0.1) is 6.92 Å². The van der Waals surface area contributed by atoms with Gasteiger partial charge in [-0.05, 0) is 54.3 Å². The van der Waals surface area contributed by atoms with Gasteiger partial charge in [0, 0.05) is 6.54 Å². The molecule has 1 aliphatic heterocycles. The summed E-state index contributed by atoms with van der Waals surface area (Å²) in [6, 6.07) is 17.1. The van der Waals surface area contributed by atoms with E-state index in [2.05, 4.69) is 5.32 Å². The fraction of sp³-hybridized carbons (Fsp3) is 0.227. The molecule has 6 nitrogen and oxygen atoms in total. The largest absolute Gasteiger partial charge is 0.467 e. The van der Waals surface area contributed by atoms with Crippen LogP contribution in [-0.4, -0.2) is 24.7 Å². The lowest BCUT2D eigenvalue weighted by molar-refractivity contribution is -0.125. The Bertz CT molecular complexity index is 1120. The Kier molecular flexibility index (Phi) is 5.25. The van der Waals surface area contributed by atoms with E-state index in [0.717, 1.165) is 16.7 Å². The third kappa shape index (κ3) is 3.97. The molecule has 1 aromatic heterocycles. The lowest BCUT2D eigenvalue weighted by Gasteiger charge is -2.35. The number of fused-ring (bicyclic) bond motifs is 1. The van der Waals surface area contributed by atoms with Gasteiger partial charge in [-0.2, -0.15) is 4.31 Å². The van der Waals surface area contributed by atoms with E-state index >= 15 is 0 Å². The number of benzene rings is 2. The third-order valence-corrected chi connectivity index (χ3v) is 6.97. The normalized spacial score (nSPS) is 16.9. The van der Waals surface area contributed by atoms with Crippen LogP contribution in [0.2, 0.25) is 0 Å². The van der Waals surface area contributed by atoms with Crippen LogP contribution in [0.25, 0.3) is 0 Å². The number of aryl methyl sites for hydroxylation is 1. The SMILES string of the molecule is Cc1cccc(S(=O)(=O)N2Cc3ccccc3CC2C(=O)NCc2ccco2)c1. The highest BCUT2D eigenvalue weighted by molar-refractivity contribution is 7.89. The van der Waals surface area contributed by atoms with Gasteiger partial charge in [0.15, 0.2) is 0 Å². The van der Waals surface area contributed by atoms with E-state index in [1.54, 1.807) is 30.3 Å². The number of hydrogen-bond acceptors (Lipinski definition) is 4. The maximum Gasteiger partial charge on any atom is 0.244 e. The first-order valence-corrected chi connectivity index (χ1v) is 10.8. The number of rotatable bonds is 5. The van der Waals surface area contributed by atoms with E-state index in [9.17, 15) is 13.2 Å². The molecule has 1 aliphatic rings. The van der Waals surface area contributed by atoms with Crippen LogP contribution in [0.3, 0.4) is 0 Å². The van der Waals surface area contributed by atoms with Crippen LogP contribution < -0.4 is 5.32 Å². The van der Waals surface area contributed by atoms with Gasteiger partial charge in [-0.1, -0.05) is 36.4 Å². The predicted molar refractivity (Wildman–Crippen MR) is 108 cm³/mol. The maximum absolute atomic E-state index is 13.4. The van der Waals surface area contributed by atoms with Gasteiger partial charge < -0.3 is 9.73 Å². The second-order valence-corrected chi connectivity index (χ2v) is 9.04. The van der Waals surface area contributed by atoms with E-state index in [1.165, 1.54) is 10.6 Å². The second kappa shape index (κ2) is 7.85. The second-order valence-electron chi connectivity index (χ2n) is 7.15. The molecule has 29 heavy (non-hydrogen) atoms. The van der Waals surface area contributed by atoms with Gasteiger partial charge in [-0.25, -0.2) is 8.42 Å². The lowest BCUT2D eigenvalue weighted by atomic mass is 9.95. The van der Waals surface area contributed by atoms with E-state index < -0.39 is 16.1 Å². The van der Waals surface area contributed by atoms with Gasteiger partial charge in [0.1, 0.15) is 11.8 Å². The Hall–Kier alpha value is -2.90. The molecule has 3 aromatic rings. The lowest BCUT2D eigenvalue weighted by Crippen LogP contribution is -2.52. The molecule has 1 atom stereocenters. The molecule has 0 aliphatic carbocycles. The molecule has 4 rings (SSSR count). The number of nitrogens with zero attached hydrogens (tertiary/aromatic N) is 1. The molecule has 0 radical (unpaired) electrons. The standard InChI is InChI=1S/C22H22N2O4S/c1-16-6-4-10-20(12-16)29(26,27)24-15-18-8-3-2-7-17(18)13-21(24)22(25)23-14-19-9-5-11-28-19/h2-12,21H,13-15H2,1H3,(H,23,25). The van der Waals surface area contributed by atoms with Crippen molar-refractivity contribution >= 4 is 15.9 Å². The first kappa shape index (κ1) is 19.4.